The highest BCUT2D eigenvalue weighted by molar-refractivity contribution is 4.96. The largest absolute Gasteiger partial charge is 0.376 e. The van der Waals surface area contributed by atoms with Crippen molar-refractivity contribution in [2.75, 3.05) is 13.2 Å². The molecule has 0 aromatic heterocycles. The van der Waals surface area contributed by atoms with Crippen LogP contribution in [0.2, 0.25) is 0 Å². The van der Waals surface area contributed by atoms with Crippen molar-refractivity contribution in [3.05, 3.63) is 0 Å². The number of hydrogen-bond donors (Lipinski definition) is 1. The van der Waals surface area contributed by atoms with E-state index < -0.39 is 0 Å². The van der Waals surface area contributed by atoms with Gasteiger partial charge in [0.15, 0.2) is 0 Å². The van der Waals surface area contributed by atoms with E-state index in [0.29, 0.717) is 12.1 Å². The number of ether oxygens (including phenoxy) is 1. The normalized spacial score (nSPS) is 53.4. The predicted molar refractivity (Wildman–Crippen MR) is 39.9 cm³/mol. The summed E-state index contributed by atoms with van der Waals surface area (Å²) >= 11 is 0. The molecule has 58 valence electrons. The molecule has 2 rings (SSSR count). The van der Waals surface area contributed by atoms with Crippen molar-refractivity contribution in [2.24, 2.45) is 11.8 Å². The van der Waals surface area contributed by atoms with E-state index in [1.807, 2.05) is 0 Å². The van der Waals surface area contributed by atoms with Gasteiger partial charge in [0.25, 0.3) is 0 Å². The topological polar surface area (TPSA) is 21.3 Å². The third-order valence-corrected chi connectivity index (χ3v) is 2.75. The molecule has 0 aromatic carbocycles. The lowest BCUT2D eigenvalue weighted by Gasteiger charge is -2.48. The molecular weight excluding hydrogens is 126 g/mol. The summed E-state index contributed by atoms with van der Waals surface area (Å²) in [6.07, 6.45) is 0.517. The smallest absolute Gasteiger partial charge is 0.0778 e. The molecule has 10 heavy (non-hydrogen) atoms. The number of hydrogen-bond acceptors (Lipinski definition) is 2. The molecule has 4 atom stereocenters. The van der Waals surface area contributed by atoms with Crippen LogP contribution < -0.4 is 5.32 Å². The lowest BCUT2D eigenvalue weighted by atomic mass is 9.81. The van der Waals surface area contributed by atoms with Gasteiger partial charge >= 0.3 is 0 Å². The molecule has 2 nitrogen and oxygen atoms in total. The van der Waals surface area contributed by atoms with Gasteiger partial charge in [0.05, 0.1) is 12.7 Å². The molecule has 2 heteroatoms. The van der Waals surface area contributed by atoms with E-state index in [9.17, 15) is 0 Å². The zero-order valence-electron chi connectivity index (χ0n) is 6.63. The summed E-state index contributed by atoms with van der Waals surface area (Å²) in [6, 6.07) is 0.656. The first-order chi connectivity index (χ1) is 4.79. The molecule has 0 bridgehead atoms. The van der Waals surface area contributed by atoms with Crippen molar-refractivity contribution in [1.29, 1.82) is 0 Å². The van der Waals surface area contributed by atoms with Crippen LogP contribution in [0.15, 0.2) is 0 Å². The summed E-state index contributed by atoms with van der Waals surface area (Å²) in [7, 11) is 0. The Morgan fingerprint density at radius 3 is 2.20 bits per heavy atom. The van der Waals surface area contributed by atoms with Crippen LogP contribution in [0.5, 0.6) is 0 Å². The van der Waals surface area contributed by atoms with E-state index in [1.165, 1.54) is 6.54 Å². The average molecular weight is 141 g/mol. The van der Waals surface area contributed by atoms with Crippen LogP contribution in [0.3, 0.4) is 0 Å². The summed E-state index contributed by atoms with van der Waals surface area (Å²) in [5.74, 6) is 1.60. The highest BCUT2D eigenvalue weighted by Gasteiger charge is 2.41. The average Bonchev–Trinajstić information content (AvgIpc) is 1.93. The standard InChI is InChI=1S/C8H15NO/c1-5-3-9-7(5)8-6(2)4-10-8/h5-9H,3-4H2,1-2H3/t5-,6+,7?,8?/m0/s1. The van der Waals surface area contributed by atoms with Crippen LogP contribution in [0.1, 0.15) is 13.8 Å². The fraction of sp³-hybridized carbons (Fsp3) is 1.00. The Morgan fingerprint density at radius 2 is 2.10 bits per heavy atom. The van der Waals surface area contributed by atoms with Crippen LogP contribution in [0.25, 0.3) is 0 Å². The van der Waals surface area contributed by atoms with Crippen molar-refractivity contribution in [3.8, 4) is 0 Å². The van der Waals surface area contributed by atoms with Gasteiger partial charge in [0, 0.05) is 12.0 Å². The maximum atomic E-state index is 5.45. The van der Waals surface area contributed by atoms with Crippen molar-refractivity contribution in [3.63, 3.8) is 0 Å². The Labute approximate surface area is 61.9 Å². The molecule has 2 aliphatic heterocycles. The van der Waals surface area contributed by atoms with E-state index >= 15 is 0 Å². The second-order valence-corrected chi connectivity index (χ2v) is 3.69. The second-order valence-electron chi connectivity index (χ2n) is 3.69. The summed E-state index contributed by atoms with van der Waals surface area (Å²) in [4.78, 5) is 0. The van der Waals surface area contributed by atoms with Gasteiger partial charge in [-0.15, -0.1) is 0 Å². The Bertz CT molecular complexity index is 121. The Kier molecular flexibility index (Phi) is 1.46. The van der Waals surface area contributed by atoms with Gasteiger partial charge in [-0.3, -0.25) is 0 Å². The van der Waals surface area contributed by atoms with Crippen molar-refractivity contribution in [1.82, 2.24) is 5.32 Å². The molecule has 1 N–H and O–H groups in total. The minimum Gasteiger partial charge on any atom is -0.376 e. The summed E-state index contributed by atoms with van der Waals surface area (Å²) in [5.41, 5.74) is 0. The lowest BCUT2D eigenvalue weighted by Crippen LogP contribution is -2.64. The predicted octanol–water partition coefficient (Wildman–Crippen LogP) is 0.629. The van der Waals surface area contributed by atoms with Gasteiger partial charge in [-0.25, -0.2) is 0 Å². The lowest BCUT2D eigenvalue weighted by molar-refractivity contribution is -0.144. The van der Waals surface area contributed by atoms with Crippen LogP contribution in [0, 0.1) is 11.8 Å². The Morgan fingerprint density at radius 1 is 1.30 bits per heavy atom. The maximum Gasteiger partial charge on any atom is 0.0778 e. The zero-order valence-corrected chi connectivity index (χ0v) is 6.63. The van der Waals surface area contributed by atoms with Gasteiger partial charge in [-0.2, -0.15) is 0 Å². The minimum absolute atomic E-state index is 0.517. The van der Waals surface area contributed by atoms with Crippen molar-refractivity contribution in [2.45, 2.75) is 26.0 Å². The molecule has 0 saturated carbocycles. The van der Waals surface area contributed by atoms with Crippen LogP contribution in [0.4, 0.5) is 0 Å². The highest BCUT2D eigenvalue weighted by Crippen LogP contribution is 2.29. The van der Waals surface area contributed by atoms with Gasteiger partial charge in [0.1, 0.15) is 0 Å². The summed E-state index contributed by atoms with van der Waals surface area (Å²) in [5, 5.41) is 3.40. The first-order valence-electron chi connectivity index (χ1n) is 4.14. The molecule has 2 saturated heterocycles. The van der Waals surface area contributed by atoms with Crippen molar-refractivity contribution >= 4 is 0 Å². The fourth-order valence-electron chi connectivity index (χ4n) is 1.79. The summed E-state index contributed by atoms with van der Waals surface area (Å²) < 4.78 is 5.45. The summed E-state index contributed by atoms with van der Waals surface area (Å²) in [6.45, 7) is 6.70. The first-order valence-corrected chi connectivity index (χ1v) is 4.14. The molecule has 0 spiro atoms. The van der Waals surface area contributed by atoms with E-state index in [0.717, 1.165) is 18.4 Å². The van der Waals surface area contributed by atoms with Gasteiger partial charge in [0.2, 0.25) is 0 Å². The van der Waals surface area contributed by atoms with E-state index in [-0.39, 0.29) is 0 Å². The van der Waals surface area contributed by atoms with Gasteiger partial charge in [-0.1, -0.05) is 13.8 Å². The maximum absolute atomic E-state index is 5.45. The molecule has 2 unspecified atom stereocenters. The zero-order chi connectivity index (χ0) is 7.14. The molecule has 0 amide bonds. The van der Waals surface area contributed by atoms with Crippen LogP contribution in [-0.4, -0.2) is 25.3 Å². The molecule has 2 fully saturated rings. The van der Waals surface area contributed by atoms with Crippen molar-refractivity contribution < 1.29 is 4.74 Å². The second kappa shape index (κ2) is 2.21. The van der Waals surface area contributed by atoms with Crippen LogP contribution in [-0.2, 0) is 4.74 Å². The molecular formula is C8H15NO. The highest BCUT2D eigenvalue weighted by atomic mass is 16.5. The third kappa shape index (κ3) is 0.789. The first kappa shape index (κ1) is 6.62. The number of nitrogens with one attached hydrogen (secondary N) is 1. The van der Waals surface area contributed by atoms with E-state index in [2.05, 4.69) is 19.2 Å². The fourth-order valence-corrected chi connectivity index (χ4v) is 1.79. The number of rotatable bonds is 1. The molecule has 2 heterocycles. The Hall–Kier alpha value is -0.0800. The quantitative estimate of drug-likeness (QED) is 0.578. The molecule has 0 aliphatic carbocycles. The minimum atomic E-state index is 0.517. The monoisotopic (exact) mass is 141 g/mol. The Balaban J connectivity index is 1.87. The van der Waals surface area contributed by atoms with E-state index in [1.54, 1.807) is 0 Å². The third-order valence-electron chi connectivity index (χ3n) is 2.75. The SMILES string of the molecule is C[C@@H]1COC1C1NC[C@@H]1C. The van der Waals surface area contributed by atoms with Gasteiger partial charge < -0.3 is 10.1 Å². The molecule has 2 aliphatic rings. The van der Waals surface area contributed by atoms with Gasteiger partial charge in [-0.05, 0) is 12.5 Å². The van der Waals surface area contributed by atoms with Crippen LogP contribution >= 0.6 is 0 Å². The molecule has 0 radical (unpaired) electrons. The van der Waals surface area contributed by atoms with E-state index in [4.69, 9.17) is 4.74 Å². The molecule has 0 aromatic rings.